The average Bonchev–Trinajstić information content (AvgIpc) is 2.17. The number of carbonyl (C=O) groups is 1. The smallest absolute Gasteiger partial charge is 0.317 e. The maximum atomic E-state index is 10.7. The number of rotatable bonds is 1. The third-order valence-corrected chi connectivity index (χ3v) is 1.57. The van der Waals surface area contributed by atoms with Gasteiger partial charge in [-0.15, -0.1) is 0 Å². The monoisotopic (exact) mass is 189 g/mol. The minimum absolute atomic E-state index is 0.103. The van der Waals surface area contributed by atoms with E-state index in [0.29, 0.717) is 5.69 Å². The van der Waals surface area contributed by atoms with Crippen LogP contribution in [0.15, 0.2) is 18.2 Å². The molecule has 0 unspecified atom stereocenters. The van der Waals surface area contributed by atoms with Crippen LogP contribution in [0.25, 0.3) is 0 Å². The van der Waals surface area contributed by atoms with Crippen molar-refractivity contribution in [1.82, 2.24) is 4.98 Å². The van der Waals surface area contributed by atoms with Gasteiger partial charge in [0.15, 0.2) is 0 Å². The lowest BCUT2D eigenvalue weighted by molar-refractivity contribution is -0.139. The quantitative estimate of drug-likeness (QED) is 0.494. The highest BCUT2D eigenvalue weighted by atomic mass is 16.5. The number of aromatic nitrogens is 1. The minimum atomic E-state index is -0.329. The summed E-state index contributed by atoms with van der Waals surface area (Å²) < 4.78 is 4.45. The largest absolute Gasteiger partial charge is 0.468 e. The summed E-state index contributed by atoms with van der Waals surface area (Å²) in [5, 5.41) is 0. The maximum Gasteiger partial charge on any atom is 0.317 e. The zero-order chi connectivity index (χ0) is 10.4. The number of hydrogen-bond acceptors (Lipinski definition) is 3. The number of nitrogens with zero attached hydrogens (tertiary/aromatic N) is 1. The maximum absolute atomic E-state index is 10.7. The van der Waals surface area contributed by atoms with Gasteiger partial charge in [0.05, 0.1) is 7.11 Å². The predicted octanol–water partition coefficient (Wildman–Crippen LogP) is 1.30. The molecule has 0 aromatic carbocycles. The van der Waals surface area contributed by atoms with Gasteiger partial charge in [-0.1, -0.05) is 12.0 Å². The lowest BCUT2D eigenvalue weighted by atomic mass is 10.3. The van der Waals surface area contributed by atoms with E-state index in [2.05, 4.69) is 21.6 Å². The van der Waals surface area contributed by atoms with E-state index in [9.17, 15) is 4.79 Å². The van der Waals surface area contributed by atoms with Crippen molar-refractivity contribution in [2.24, 2.45) is 0 Å². The first-order valence-electron chi connectivity index (χ1n) is 4.21. The van der Waals surface area contributed by atoms with Crippen LogP contribution in [0.1, 0.15) is 17.8 Å². The van der Waals surface area contributed by atoms with Crippen molar-refractivity contribution in [1.29, 1.82) is 0 Å². The van der Waals surface area contributed by atoms with Crippen LogP contribution in [0.2, 0.25) is 0 Å². The molecular formula is C11H11NO2. The van der Waals surface area contributed by atoms with Crippen LogP contribution >= 0.6 is 0 Å². The van der Waals surface area contributed by atoms with Crippen LogP contribution < -0.4 is 0 Å². The number of esters is 1. The molecule has 1 aromatic rings. The third-order valence-electron chi connectivity index (χ3n) is 1.57. The van der Waals surface area contributed by atoms with E-state index in [1.54, 1.807) is 6.07 Å². The molecule has 0 saturated carbocycles. The molecule has 3 nitrogen and oxygen atoms in total. The van der Waals surface area contributed by atoms with E-state index in [1.165, 1.54) is 7.11 Å². The Balaban J connectivity index is 2.64. The lowest BCUT2D eigenvalue weighted by Crippen LogP contribution is -1.97. The normalized spacial score (nSPS) is 8.71. The molecule has 0 N–H and O–H groups in total. The van der Waals surface area contributed by atoms with Gasteiger partial charge in [0.25, 0.3) is 0 Å². The molecule has 1 rings (SSSR count). The second-order valence-electron chi connectivity index (χ2n) is 2.72. The van der Waals surface area contributed by atoms with Gasteiger partial charge in [-0.25, -0.2) is 4.98 Å². The van der Waals surface area contributed by atoms with Crippen molar-refractivity contribution in [3.63, 3.8) is 0 Å². The summed E-state index contributed by atoms with van der Waals surface area (Å²) in [7, 11) is 1.34. The molecule has 0 aliphatic heterocycles. The van der Waals surface area contributed by atoms with Crippen molar-refractivity contribution in [3.8, 4) is 11.8 Å². The molecule has 0 amide bonds. The number of hydrogen-bond donors (Lipinski definition) is 0. The van der Waals surface area contributed by atoms with E-state index in [1.807, 2.05) is 19.1 Å². The van der Waals surface area contributed by atoms with Crippen LogP contribution in [0, 0.1) is 18.8 Å². The molecule has 1 heterocycles. The fourth-order valence-electron chi connectivity index (χ4n) is 0.892. The minimum Gasteiger partial charge on any atom is -0.468 e. The van der Waals surface area contributed by atoms with Gasteiger partial charge in [0.2, 0.25) is 0 Å². The van der Waals surface area contributed by atoms with Crippen molar-refractivity contribution < 1.29 is 9.53 Å². The SMILES string of the molecule is COC(=O)CC#Cc1cccc(C)n1. The number of carbonyl (C=O) groups excluding carboxylic acids is 1. The van der Waals surface area contributed by atoms with E-state index in [4.69, 9.17) is 0 Å². The van der Waals surface area contributed by atoms with Gasteiger partial charge < -0.3 is 4.74 Å². The fraction of sp³-hybridized carbons (Fsp3) is 0.273. The Morgan fingerprint density at radius 1 is 1.57 bits per heavy atom. The van der Waals surface area contributed by atoms with E-state index in [-0.39, 0.29) is 12.4 Å². The van der Waals surface area contributed by atoms with Gasteiger partial charge in [-0.05, 0) is 25.0 Å². The average molecular weight is 189 g/mol. The molecular weight excluding hydrogens is 178 g/mol. The molecule has 3 heteroatoms. The van der Waals surface area contributed by atoms with Crippen LogP contribution in [0.4, 0.5) is 0 Å². The molecule has 0 spiro atoms. The number of pyridine rings is 1. The summed E-state index contributed by atoms with van der Waals surface area (Å²) in [6.45, 7) is 1.89. The topological polar surface area (TPSA) is 39.2 Å². The van der Waals surface area contributed by atoms with Gasteiger partial charge in [-0.2, -0.15) is 0 Å². The van der Waals surface area contributed by atoms with Crippen molar-refractivity contribution in [2.75, 3.05) is 7.11 Å². The Morgan fingerprint density at radius 2 is 2.36 bits per heavy atom. The Hall–Kier alpha value is -1.82. The molecule has 72 valence electrons. The van der Waals surface area contributed by atoms with E-state index >= 15 is 0 Å². The Bertz CT molecular complexity index is 388. The van der Waals surface area contributed by atoms with Crippen LogP contribution in [-0.2, 0) is 9.53 Å². The molecule has 0 radical (unpaired) electrons. The zero-order valence-electron chi connectivity index (χ0n) is 8.20. The summed E-state index contributed by atoms with van der Waals surface area (Å²) in [6, 6.07) is 5.58. The Labute approximate surface area is 83.1 Å². The molecule has 0 saturated heterocycles. The lowest BCUT2D eigenvalue weighted by Gasteiger charge is -1.92. The van der Waals surface area contributed by atoms with Crippen molar-refractivity contribution in [2.45, 2.75) is 13.3 Å². The summed E-state index contributed by atoms with van der Waals surface area (Å²) in [5.41, 5.74) is 1.59. The van der Waals surface area contributed by atoms with Gasteiger partial charge in [0, 0.05) is 5.69 Å². The highest BCUT2D eigenvalue weighted by Crippen LogP contribution is 1.95. The third kappa shape index (κ3) is 3.28. The van der Waals surface area contributed by atoms with Crippen LogP contribution in [0.5, 0.6) is 0 Å². The van der Waals surface area contributed by atoms with Crippen molar-refractivity contribution in [3.05, 3.63) is 29.6 Å². The van der Waals surface area contributed by atoms with Gasteiger partial charge >= 0.3 is 5.97 Å². The first-order valence-corrected chi connectivity index (χ1v) is 4.21. The number of methoxy groups -OCH3 is 1. The predicted molar refractivity (Wildman–Crippen MR) is 52.5 cm³/mol. The molecule has 0 aliphatic carbocycles. The fourth-order valence-corrected chi connectivity index (χ4v) is 0.892. The molecule has 0 fully saturated rings. The highest BCUT2D eigenvalue weighted by molar-refractivity contribution is 5.72. The Morgan fingerprint density at radius 3 is 3.00 bits per heavy atom. The summed E-state index contributed by atoms with van der Waals surface area (Å²) >= 11 is 0. The van der Waals surface area contributed by atoms with E-state index < -0.39 is 0 Å². The second kappa shape index (κ2) is 5.03. The van der Waals surface area contributed by atoms with E-state index in [0.717, 1.165) is 5.69 Å². The summed E-state index contributed by atoms with van der Waals surface area (Å²) in [6.07, 6.45) is 0.103. The first-order chi connectivity index (χ1) is 6.72. The summed E-state index contributed by atoms with van der Waals surface area (Å²) in [4.78, 5) is 14.9. The molecule has 14 heavy (non-hydrogen) atoms. The highest BCUT2D eigenvalue weighted by Gasteiger charge is 1.94. The second-order valence-corrected chi connectivity index (χ2v) is 2.72. The van der Waals surface area contributed by atoms with Crippen LogP contribution in [0.3, 0.4) is 0 Å². The number of ether oxygens (including phenoxy) is 1. The molecule has 0 aliphatic rings. The molecule has 1 aromatic heterocycles. The van der Waals surface area contributed by atoms with Crippen molar-refractivity contribution >= 4 is 5.97 Å². The number of aryl methyl sites for hydroxylation is 1. The Kier molecular flexibility index (Phi) is 3.69. The van der Waals surface area contributed by atoms with Gasteiger partial charge in [0.1, 0.15) is 12.1 Å². The van der Waals surface area contributed by atoms with Gasteiger partial charge in [-0.3, -0.25) is 4.79 Å². The molecule has 0 atom stereocenters. The zero-order valence-corrected chi connectivity index (χ0v) is 8.20. The standard InChI is InChI=1S/C11H11NO2/c1-9-5-3-6-10(12-9)7-4-8-11(13)14-2/h3,5-6H,8H2,1-2H3. The first kappa shape index (κ1) is 10.3. The molecule has 0 bridgehead atoms. The van der Waals surface area contributed by atoms with Crippen LogP contribution in [-0.4, -0.2) is 18.1 Å². The summed E-state index contributed by atoms with van der Waals surface area (Å²) in [5.74, 6) is 5.15.